The Kier molecular flexibility index (Phi) is 6.77. The van der Waals surface area contributed by atoms with E-state index in [1.54, 1.807) is 6.92 Å². The molecule has 0 aliphatic heterocycles. The second kappa shape index (κ2) is 7.25. The predicted octanol–water partition coefficient (Wildman–Crippen LogP) is 1.42. The van der Waals surface area contributed by atoms with Crippen LogP contribution in [0.2, 0.25) is 0 Å². The Morgan fingerprint density at radius 2 is 2.06 bits per heavy atom. The van der Waals surface area contributed by atoms with E-state index >= 15 is 0 Å². The van der Waals surface area contributed by atoms with Crippen LogP contribution in [0.25, 0.3) is 0 Å². The lowest BCUT2D eigenvalue weighted by Crippen LogP contribution is -2.39. The van der Waals surface area contributed by atoms with Crippen LogP contribution in [-0.4, -0.2) is 18.5 Å². The molecule has 1 unspecified atom stereocenters. The Balaban J connectivity index is 0.00000225. The second-order valence-corrected chi connectivity index (χ2v) is 3.76. The first-order chi connectivity index (χ1) is 7.11. The number of carbonyl (C=O) groups excluding carboxylic acids is 1. The van der Waals surface area contributed by atoms with E-state index in [1.807, 2.05) is 12.1 Å². The van der Waals surface area contributed by atoms with E-state index < -0.39 is 6.04 Å². The molecule has 0 aliphatic rings. The molecule has 3 N–H and O–H groups in total. The summed E-state index contributed by atoms with van der Waals surface area (Å²) in [5.41, 5.74) is 7.96. The minimum atomic E-state index is -0.429. The second-order valence-electron chi connectivity index (χ2n) is 3.76. The van der Waals surface area contributed by atoms with E-state index in [0.717, 1.165) is 6.42 Å². The number of halogens is 1. The fraction of sp³-hybridized carbons (Fsp3) is 0.417. The summed E-state index contributed by atoms with van der Waals surface area (Å²) in [5.74, 6) is -0.0939. The molecule has 1 atom stereocenters. The largest absolute Gasteiger partial charge is 0.354 e. The first-order valence-electron chi connectivity index (χ1n) is 5.19. The summed E-state index contributed by atoms with van der Waals surface area (Å²) in [5, 5.41) is 2.79. The first-order valence-corrected chi connectivity index (χ1v) is 5.19. The summed E-state index contributed by atoms with van der Waals surface area (Å²) in [6, 6.07) is 7.74. The molecule has 0 saturated carbocycles. The van der Waals surface area contributed by atoms with E-state index in [4.69, 9.17) is 5.73 Å². The van der Waals surface area contributed by atoms with Gasteiger partial charge in [-0.15, -0.1) is 12.4 Å². The smallest absolute Gasteiger partial charge is 0.236 e. The molecule has 0 bridgehead atoms. The maximum atomic E-state index is 11.2. The zero-order valence-electron chi connectivity index (χ0n) is 9.69. The summed E-state index contributed by atoms with van der Waals surface area (Å²) in [7, 11) is 0. The Bertz CT molecular complexity index is 340. The van der Waals surface area contributed by atoms with Crippen molar-refractivity contribution in [2.75, 3.05) is 6.54 Å². The Labute approximate surface area is 103 Å². The van der Waals surface area contributed by atoms with Gasteiger partial charge in [0, 0.05) is 6.54 Å². The summed E-state index contributed by atoms with van der Waals surface area (Å²) in [6.07, 6.45) is 0.852. The van der Waals surface area contributed by atoms with Crippen molar-refractivity contribution in [3.05, 3.63) is 35.4 Å². The summed E-state index contributed by atoms with van der Waals surface area (Å²) in [4.78, 5) is 11.2. The van der Waals surface area contributed by atoms with Crippen molar-refractivity contribution in [3.8, 4) is 0 Å². The number of benzene rings is 1. The van der Waals surface area contributed by atoms with Crippen molar-refractivity contribution in [1.82, 2.24) is 5.32 Å². The molecule has 0 fully saturated rings. The Morgan fingerprint density at radius 1 is 1.44 bits per heavy atom. The van der Waals surface area contributed by atoms with Gasteiger partial charge in [-0.1, -0.05) is 24.3 Å². The van der Waals surface area contributed by atoms with Gasteiger partial charge in [0.25, 0.3) is 0 Å². The number of rotatable bonds is 4. The number of nitrogens with two attached hydrogens (primary N) is 1. The molecular formula is C12H19ClN2O. The molecule has 1 rings (SSSR count). The van der Waals surface area contributed by atoms with Gasteiger partial charge in [-0.25, -0.2) is 0 Å². The van der Waals surface area contributed by atoms with Gasteiger partial charge in [0.05, 0.1) is 6.04 Å². The molecule has 4 heteroatoms. The van der Waals surface area contributed by atoms with Crippen molar-refractivity contribution < 1.29 is 4.79 Å². The monoisotopic (exact) mass is 242 g/mol. The van der Waals surface area contributed by atoms with Gasteiger partial charge >= 0.3 is 0 Å². The van der Waals surface area contributed by atoms with Gasteiger partial charge in [-0.05, 0) is 31.4 Å². The quantitative estimate of drug-likeness (QED) is 0.839. The lowest BCUT2D eigenvalue weighted by molar-refractivity contribution is -0.121. The molecule has 0 spiro atoms. The summed E-state index contributed by atoms with van der Waals surface area (Å²) >= 11 is 0. The normalized spacial score (nSPS) is 11.4. The molecule has 90 valence electrons. The molecule has 3 nitrogen and oxygen atoms in total. The fourth-order valence-electron chi connectivity index (χ4n) is 1.37. The van der Waals surface area contributed by atoms with Crippen molar-refractivity contribution in [3.63, 3.8) is 0 Å². The Morgan fingerprint density at radius 3 is 2.62 bits per heavy atom. The SMILES string of the molecule is Cc1ccccc1CCNC(=O)C(C)N.Cl. The van der Waals surface area contributed by atoms with Crippen LogP contribution in [0, 0.1) is 6.92 Å². The van der Waals surface area contributed by atoms with Crippen LogP contribution in [-0.2, 0) is 11.2 Å². The molecule has 1 amide bonds. The maximum absolute atomic E-state index is 11.2. The minimum Gasteiger partial charge on any atom is -0.354 e. The lowest BCUT2D eigenvalue weighted by Gasteiger charge is -2.08. The van der Waals surface area contributed by atoms with Gasteiger partial charge in [0.2, 0.25) is 5.91 Å². The van der Waals surface area contributed by atoms with Crippen LogP contribution in [0.1, 0.15) is 18.1 Å². The number of aryl methyl sites for hydroxylation is 1. The fourth-order valence-corrected chi connectivity index (χ4v) is 1.37. The van der Waals surface area contributed by atoms with Crippen LogP contribution < -0.4 is 11.1 Å². The third-order valence-corrected chi connectivity index (χ3v) is 2.37. The van der Waals surface area contributed by atoms with Crippen molar-refractivity contribution >= 4 is 18.3 Å². The van der Waals surface area contributed by atoms with Crippen LogP contribution in [0.4, 0.5) is 0 Å². The predicted molar refractivity (Wildman–Crippen MR) is 68.8 cm³/mol. The maximum Gasteiger partial charge on any atom is 0.236 e. The summed E-state index contributed by atoms with van der Waals surface area (Å²) < 4.78 is 0. The number of amides is 1. The van der Waals surface area contributed by atoms with Gasteiger partial charge in [-0.2, -0.15) is 0 Å². The molecule has 1 aromatic carbocycles. The van der Waals surface area contributed by atoms with E-state index in [-0.39, 0.29) is 18.3 Å². The standard InChI is InChI=1S/C12H18N2O.ClH/c1-9-5-3-4-6-11(9)7-8-14-12(15)10(2)13;/h3-6,10H,7-8,13H2,1-2H3,(H,14,15);1H. The number of carbonyl (C=O) groups is 1. The molecule has 0 aromatic heterocycles. The molecule has 1 aromatic rings. The summed E-state index contributed by atoms with van der Waals surface area (Å²) in [6.45, 7) is 4.40. The van der Waals surface area contributed by atoms with E-state index in [0.29, 0.717) is 6.54 Å². The highest BCUT2D eigenvalue weighted by atomic mass is 35.5. The first kappa shape index (κ1) is 14.9. The lowest BCUT2D eigenvalue weighted by atomic mass is 10.1. The van der Waals surface area contributed by atoms with E-state index in [2.05, 4.69) is 24.4 Å². The molecule has 0 radical (unpaired) electrons. The molecule has 0 saturated heterocycles. The third kappa shape index (κ3) is 4.64. The number of hydrogen-bond donors (Lipinski definition) is 2. The highest BCUT2D eigenvalue weighted by Gasteiger charge is 2.05. The topological polar surface area (TPSA) is 55.1 Å². The van der Waals surface area contributed by atoms with Crippen LogP contribution in [0.5, 0.6) is 0 Å². The third-order valence-electron chi connectivity index (χ3n) is 2.37. The van der Waals surface area contributed by atoms with Crippen molar-refractivity contribution in [2.45, 2.75) is 26.3 Å². The van der Waals surface area contributed by atoms with Crippen LogP contribution in [0.15, 0.2) is 24.3 Å². The highest BCUT2D eigenvalue weighted by Crippen LogP contribution is 2.06. The van der Waals surface area contributed by atoms with Crippen molar-refractivity contribution in [1.29, 1.82) is 0 Å². The van der Waals surface area contributed by atoms with Gasteiger partial charge < -0.3 is 11.1 Å². The van der Waals surface area contributed by atoms with Crippen LogP contribution >= 0.6 is 12.4 Å². The molecular weight excluding hydrogens is 224 g/mol. The molecule has 0 aliphatic carbocycles. The zero-order valence-corrected chi connectivity index (χ0v) is 10.5. The Hall–Kier alpha value is -1.06. The average Bonchev–Trinajstić information content (AvgIpc) is 2.20. The minimum absolute atomic E-state index is 0. The average molecular weight is 243 g/mol. The van der Waals surface area contributed by atoms with Gasteiger partial charge in [0.15, 0.2) is 0 Å². The number of hydrogen-bond acceptors (Lipinski definition) is 2. The highest BCUT2D eigenvalue weighted by molar-refractivity contribution is 5.85. The molecule has 16 heavy (non-hydrogen) atoms. The van der Waals surface area contributed by atoms with Gasteiger partial charge in [0.1, 0.15) is 0 Å². The van der Waals surface area contributed by atoms with Crippen molar-refractivity contribution in [2.24, 2.45) is 5.73 Å². The zero-order chi connectivity index (χ0) is 11.3. The van der Waals surface area contributed by atoms with Gasteiger partial charge in [-0.3, -0.25) is 4.79 Å². The van der Waals surface area contributed by atoms with E-state index in [9.17, 15) is 4.79 Å². The number of nitrogens with one attached hydrogen (secondary N) is 1. The van der Waals surface area contributed by atoms with Crippen LogP contribution in [0.3, 0.4) is 0 Å². The molecule has 0 heterocycles. The van der Waals surface area contributed by atoms with E-state index in [1.165, 1.54) is 11.1 Å².